The van der Waals surface area contributed by atoms with Gasteiger partial charge in [-0.15, -0.1) is 0 Å². The fourth-order valence-corrected chi connectivity index (χ4v) is 4.49. The number of carboxylic acid groups (broad SMARTS) is 1. The summed E-state index contributed by atoms with van der Waals surface area (Å²) in [5, 5.41) is 9.95. The van der Waals surface area contributed by atoms with Gasteiger partial charge in [0, 0.05) is 69.3 Å². The highest BCUT2D eigenvalue weighted by Crippen LogP contribution is 2.44. The number of aromatic nitrogens is 1. The van der Waals surface area contributed by atoms with Gasteiger partial charge in [-0.2, -0.15) is 0 Å². The molecule has 134 valence electrons. The Kier molecular flexibility index (Phi) is 4.11. The van der Waals surface area contributed by atoms with Crippen molar-refractivity contribution in [2.24, 2.45) is 17.3 Å². The van der Waals surface area contributed by atoms with Gasteiger partial charge in [0.25, 0.3) is 0 Å². The van der Waals surface area contributed by atoms with Crippen molar-refractivity contribution in [1.29, 1.82) is 0 Å². The molecule has 0 unspecified atom stereocenters. The van der Waals surface area contributed by atoms with Crippen molar-refractivity contribution in [1.82, 2.24) is 9.88 Å². The largest absolute Gasteiger partial charge is 0.481 e. The zero-order valence-corrected chi connectivity index (χ0v) is 14.1. The maximum absolute atomic E-state index is 12.8. The van der Waals surface area contributed by atoms with Crippen molar-refractivity contribution in [3.05, 3.63) is 24.5 Å². The molecule has 0 radical (unpaired) electrons. The summed E-state index contributed by atoms with van der Waals surface area (Å²) in [5.41, 5.74) is 0.122. The van der Waals surface area contributed by atoms with E-state index in [1.807, 2.05) is 12.1 Å². The van der Waals surface area contributed by atoms with E-state index in [1.54, 1.807) is 17.3 Å². The Morgan fingerprint density at radius 3 is 2.52 bits per heavy atom. The molecule has 7 nitrogen and oxygen atoms in total. The molecule has 3 aliphatic rings. The lowest BCUT2D eigenvalue weighted by molar-refractivity contribution is -0.149. The Morgan fingerprint density at radius 2 is 1.88 bits per heavy atom. The Bertz CT molecular complexity index is 662. The Labute approximate surface area is 146 Å². The molecular formula is C18H23N3O4. The number of carbonyl (C=O) groups is 2. The topological polar surface area (TPSA) is 83.0 Å². The van der Waals surface area contributed by atoms with Crippen LogP contribution in [-0.4, -0.2) is 66.3 Å². The summed E-state index contributed by atoms with van der Waals surface area (Å²) >= 11 is 0. The van der Waals surface area contributed by atoms with Crippen molar-refractivity contribution >= 4 is 17.6 Å². The normalized spacial score (nSPS) is 29.7. The monoisotopic (exact) mass is 345 g/mol. The number of carboxylic acids is 1. The molecule has 1 aromatic heterocycles. The molecule has 2 atom stereocenters. The third-order valence-corrected chi connectivity index (χ3v) is 5.95. The molecule has 0 aliphatic carbocycles. The number of ether oxygens (including phenoxy) is 1. The van der Waals surface area contributed by atoms with Gasteiger partial charge in [0.05, 0.1) is 0 Å². The Morgan fingerprint density at radius 1 is 1.16 bits per heavy atom. The SMILES string of the molecule is O=C(C1CCOCC1)N1C[C@H]2CN(c3ccncc3)C[C@@]2(C(=O)O)C1. The standard InChI is InChI=1S/C18H23N3O4/c22-16(13-3-7-25-8-4-13)21-10-14-9-20(15-1-5-19-6-2-15)11-18(14,12-21)17(23)24/h1-2,5-6,13-14H,3-4,7-12H2,(H,23,24)/t14-,18-/m1/s1. The van der Waals surface area contributed by atoms with Crippen LogP contribution in [0, 0.1) is 17.3 Å². The van der Waals surface area contributed by atoms with Crippen molar-refractivity contribution < 1.29 is 19.4 Å². The lowest BCUT2D eigenvalue weighted by atomic mass is 9.81. The molecule has 25 heavy (non-hydrogen) atoms. The van der Waals surface area contributed by atoms with Crippen LogP contribution in [0.1, 0.15) is 12.8 Å². The molecule has 3 fully saturated rings. The summed E-state index contributed by atoms with van der Waals surface area (Å²) in [6, 6.07) is 3.81. The number of fused-ring (bicyclic) bond motifs is 1. The fraction of sp³-hybridized carbons (Fsp3) is 0.611. The van der Waals surface area contributed by atoms with Crippen molar-refractivity contribution in [2.75, 3.05) is 44.3 Å². The first-order chi connectivity index (χ1) is 12.1. The number of hydrogen-bond donors (Lipinski definition) is 1. The smallest absolute Gasteiger partial charge is 0.313 e. The summed E-state index contributed by atoms with van der Waals surface area (Å²) < 4.78 is 5.33. The average Bonchev–Trinajstić information content (AvgIpc) is 3.18. The highest BCUT2D eigenvalue weighted by molar-refractivity contribution is 5.83. The quantitative estimate of drug-likeness (QED) is 0.875. The van der Waals surface area contributed by atoms with Crippen molar-refractivity contribution in [2.45, 2.75) is 12.8 Å². The number of hydrogen-bond acceptors (Lipinski definition) is 5. The highest BCUT2D eigenvalue weighted by Gasteiger charge is 2.58. The molecule has 0 bridgehead atoms. The van der Waals surface area contributed by atoms with Crippen LogP contribution in [0.15, 0.2) is 24.5 Å². The maximum atomic E-state index is 12.8. The first kappa shape index (κ1) is 16.3. The zero-order valence-electron chi connectivity index (χ0n) is 14.1. The molecule has 0 spiro atoms. The Balaban J connectivity index is 1.51. The highest BCUT2D eigenvalue weighted by atomic mass is 16.5. The van der Waals surface area contributed by atoms with Gasteiger partial charge >= 0.3 is 5.97 Å². The molecule has 0 saturated carbocycles. The number of carbonyl (C=O) groups excluding carboxylic acids is 1. The van der Waals surface area contributed by atoms with Crippen molar-refractivity contribution in [3.8, 4) is 0 Å². The van der Waals surface area contributed by atoms with Crippen LogP contribution < -0.4 is 4.90 Å². The molecule has 0 aromatic carbocycles. The lowest BCUT2D eigenvalue weighted by Crippen LogP contribution is -2.44. The van der Waals surface area contributed by atoms with E-state index in [4.69, 9.17) is 4.74 Å². The van der Waals surface area contributed by atoms with E-state index in [2.05, 4.69) is 9.88 Å². The molecule has 1 aromatic rings. The average molecular weight is 345 g/mol. The van der Waals surface area contributed by atoms with Crippen LogP contribution in [0.3, 0.4) is 0 Å². The molecule has 3 aliphatic heterocycles. The molecule has 4 rings (SSSR count). The predicted molar refractivity (Wildman–Crippen MR) is 90.1 cm³/mol. The number of likely N-dealkylation sites (tertiary alicyclic amines) is 1. The number of aliphatic carboxylic acids is 1. The second kappa shape index (κ2) is 6.29. The van der Waals surface area contributed by atoms with Crippen LogP contribution >= 0.6 is 0 Å². The van der Waals surface area contributed by atoms with Gasteiger partial charge in [-0.1, -0.05) is 0 Å². The number of rotatable bonds is 3. The van der Waals surface area contributed by atoms with E-state index in [1.165, 1.54) is 0 Å². The minimum Gasteiger partial charge on any atom is -0.481 e. The second-order valence-corrected chi connectivity index (χ2v) is 7.35. The van der Waals surface area contributed by atoms with Crippen LogP contribution in [0.4, 0.5) is 5.69 Å². The number of nitrogens with zero attached hydrogens (tertiary/aromatic N) is 3. The number of amides is 1. The minimum atomic E-state index is -0.871. The van der Waals surface area contributed by atoms with Crippen molar-refractivity contribution in [3.63, 3.8) is 0 Å². The van der Waals surface area contributed by atoms with Crippen LogP contribution in [0.2, 0.25) is 0 Å². The third kappa shape index (κ3) is 2.76. The van der Waals surface area contributed by atoms with Gasteiger partial charge in [0.1, 0.15) is 5.41 Å². The van der Waals surface area contributed by atoms with Gasteiger partial charge in [-0.05, 0) is 25.0 Å². The van der Waals surface area contributed by atoms with Gasteiger partial charge in [-0.25, -0.2) is 0 Å². The number of pyridine rings is 1. The zero-order chi connectivity index (χ0) is 17.4. The molecule has 7 heteroatoms. The first-order valence-electron chi connectivity index (χ1n) is 8.85. The predicted octanol–water partition coefficient (Wildman–Crippen LogP) is 0.858. The molecule has 4 heterocycles. The van der Waals surface area contributed by atoms with Gasteiger partial charge < -0.3 is 19.6 Å². The van der Waals surface area contributed by atoms with Gasteiger partial charge in [0.15, 0.2) is 0 Å². The van der Waals surface area contributed by atoms with E-state index in [0.29, 0.717) is 39.4 Å². The van der Waals surface area contributed by atoms with Crippen LogP contribution in [0.25, 0.3) is 0 Å². The molecule has 1 amide bonds. The fourth-order valence-electron chi connectivity index (χ4n) is 4.49. The van der Waals surface area contributed by atoms with Crippen LogP contribution in [0.5, 0.6) is 0 Å². The summed E-state index contributed by atoms with van der Waals surface area (Å²) in [5.74, 6) is -0.748. The lowest BCUT2D eigenvalue weighted by Gasteiger charge is -2.29. The van der Waals surface area contributed by atoms with E-state index in [9.17, 15) is 14.7 Å². The van der Waals surface area contributed by atoms with E-state index < -0.39 is 11.4 Å². The van der Waals surface area contributed by atoms with Crippen LogP contribution in [-0.2, 0) is 14.3 Å². The summed E-state index contributed by atoms with van der Waals surface area (Å²) in [6.07, 6.45) is 4.92. The van der Waals surface area contributed by atoms with Gasteiger partial charge in [0.2, 0.25) is 5.91 Å². The van der Waals surface area contributed by atoms with E-state index in [-0.39, 0.29) is 17.7 Å². The summed E-state index contributed by atoms with van der Waals surface area (Å²) in [7, 11) is 0. The molecule has 1 N–H and O–H groups in total. The maximum Gasteiger partial charge on any atom is 0.313 e. The second-order valence-electron chi connectivity index (χ2n) is 7.35. The molecule has 3 saturated heterocycles. The first-order valence-corrected chi connectivity index (χ1v) is 8.85. The third-order valence-electron chi connectivity index (χ3n) is 5.95. The Hall–Kier alpha value is -2.15. The minimum absolute atomic E-state index is 0.0188. The van der Waals surface area contributed by atoms with E-state index >= 15 is 0 Å². The number of anilines is 1. The summed E-state index contributed by atoms with van der Waals surface area (Å²) in [6.45, 7) is 3.18. The summed E-state index contributed by atoms with van der Waals surface area (Å²) in [4.78, 5) is 32.9. The van der Waals surface area contributed by atoms with E-state index in [0.717, 1.165) is 18.5 Å². The molecular weight excluding hydrogens is 322 g/mol. The van der Waals surface area contributed by atoms with Gasteiger partial charge in [-0.3, -0.25) is 14.6 Å².